The summed E-state index contributed by atoms with van der Waals surface area (Å²) in [6.07, 6.45) is 0. The fourth-order valence-electron chi connectivity index (χ4n) is 3.13. The molecule has 27 heavy (non-hydrogen) atoms. The second kappa shape index (κ2) is 6.42. The molecule has 7 heteroatoms. The number of fused-ring (bicyclic) bond motifs is 1. The molecule has 0 radical (unpaired) electrons. The van der Waals surface area contributed by atoms with E-state index in [0.29, 0.717) is 22.9 Å². The van der Waals surface area contributed by atoms with Crippen molar-refractivity contribution in [2.24, 2.45) is 4.99 Å². The van der Waals surface area contributed by atoms with Crippen LogP contribution in [0, 0.1) is 0 Å². The van der Waals surface area contributed by atoms with Crippen molar-refractivity contribution in [3.05, 3.63) is 54.1 Å². The van der Waals surface area contributed by atoms with Crippen molar-refractivity contribution in [1.29, 1.82) is 0 Å². The maximum atomic E-state index is 12.8. The molecule has 2 aromatic rings. The van der Waals surface area contributed by atoms with E-state index in [1.165, 1.54) is 4.90 Å². The zero-order valence-electron chi connectivity index (χ0n) is 15.1. The van der Waals surface area contributed by atoms with Gasteiger partial charge < -0.3 is 19.7 Å². The van der Waals surface area contributed by atoms with Crippen LogP contribution in [0.3, 0.4) is 0 Å². The van der Waals surface area contributed by atoms with Crippen LogP contribution in [0.4, 0.5) is 5.69 Å². The maximum Gasteiger partial charge on any atom is 0.275 e. The molecule has 0 aromatic heterocycles. The monoisotopic (exact) mass is 365 g/mol. The van der Waals surface area contributed by atoms with Crippen LogP contribution in [-0.2, 0) is 9.59 Å². The Morgan fingerprint density at radius 2 is 1.89 bits per heavy atom. The lowest BCUT2D eigenvalue weighted by atomic mass is 10.1. The van der Waals surface area contributed by atoms with E-state index in [1.807, 2.05) is 44.2 Å². The summed E-state index contributed by atoms with van der Waals surface area (Å²) in [4.78, 5) is 31.4. The summed E-state index contributed by atoms with van der Waals surface area (Å²) in [5.41, 5.74) is 0.901. The SMILES string of the molecule is CC1(C)N=C(c2ccccc2)C(=O)N1CC(=O)Nc1ccc2c(c1)OCO2. The third-order valence-corrected chi connectivity index (χ3v) is 4.50. The fraction of sp³-hybridized carbons (Fsp3) is 0.250. The zero-order chi connectivity index (χ0) is 19.0. The van der Waals surface area contributed by atoms with Gasteiger partial charge in [-0.25, -0.2) is 0 Å². The molecule has 2 aliphatic heterocycles. The van der Waals surface area contributed by atoms with E-state index in [2.05, 4.69) is 10.3 Å². The second-order valence-corrected chi connectivity index (χ2v) is 6.83. The van der Waals surface area contributed by atoms with Crippen LogP contribution in [-0.4, -0.2) is 41.4 Å². The Kier molecular flexibility index (Phi) is 4.07. The van der Waals surface area contributed by atoms with Crippen LogP contribution in [0.5, 0.6) is 11.5 Å². The Morgan fingerprint density at radius 3 is 2.67 bits per heavy atom. The summed E-state index contributed by atoms with van der Waals surface area (Å²) >= 11 is 0. The van der Waals surface area contributed by atoms with Crippen molar-refractivity contribution in [2.75, 3.05) is 18.7 Å². The molecular weight excluding hydrogens is 346 g/mol. The van der Waals surface area contributed by atoms with Crippen molar-refractivity contribution in [2.45, 2.75) is 19.5 Å². The van der Waals surface area contributed by atoms with Crippen molar-refractivity contribution in [1.82, 2.24) is 4.90 Å². The highest BCUT2D eigenvalue weighted by Gasteiger charge is 2.41. The number of nitrogens with one attached hydrogen (secondary N) is 1. The van der Waals surface area contributed by atoms with E-state index >= 15 is 0 Å². The summed E-state index contributed by atoms with van der Waals surface area (Å²) in [6, 6.07) is 14.4. The van der Waals surface area contributed by atoms with E-state index in [-0.39, 0.29) is 25.2 Å². The maximum absolute atomic E-state index is 12.8. The first-order valence-corrected chi connectivity index (χ1v) is 8.61. The average molecular weight is 365 g/mol. The molecular formula is C20H19N3O4. The van der Waals surface area contributed by atoms with Gasteiger partial charge >= 0.3 is 0 Å². The van der Waals surface area contributed by atoms with Gasteiger partial charge in [0.05, 0.1) is 0 Å². The Labute approximate surface area is 156 Å². The Hall–Kier alpha value is -3.35. The summed E-state index contributed by atoms with van der Waals surface area (Å²) < 4.78 is 10.6. The van der Waals surface area contributed by atoms with Gasteiger partial charge in [0.15, 0.2) is 11.5 Å². The van der Waals surface area contributed by atoms with Gasteiger partial charge in [0, 0.05) is 17.3 Å². The van der Waals surface area contributed by atoms with Crippen molar-refractivity contribution in [3.63, 3.8) is 0 Å². The smallest absolute Gasteiger partial charge is 0.275 e. The predicted octanol–water partition coefficient (Wildman–Crippen LogP) is 2.42. The molecule has 0 saturated carbocycles. The van der Waals surface area contributed by atoms with Gasteiger partial charge in [-0.3, -0.25) is 14.6 Å². The lowest BCUT2D eigenvalue weighted by Crippen LogP contribution is -2.46. The van der Waals surface area contributed by atoms with Crippen LogP contribution in [0.15, 0.2) is 53.5 Å². The molecule has 0 atom stereocenters. The molecule has 0 unspecified atom stereocenters. The minimum absolute atomic E-state index is 0.0971. The topological polar surface area (TPSA) is 80.2 Å². The summed E-state index contributed by atoms with van der Waals surface area (Å²) in [5.74, 6) is 0.664. The molecule has 0 bridgehead atoms. The van der Waals surface area contributed by atoms with E-state index in [4.69, 9.17) is 9.47 Å². The van der Waals surface area contributed by atoms with E-state index in [1.54, 1.807) is 18.2 Å². The van der Waals surface area contributed by atoms with Gasteiger partial charge in [-0.05, 0) is 26.0 Å². The van der Waals surface area contributed by atoms with Gasteiger partial charge in [0.2, 0.25) is 12.7 Å². The van der Waals surface area contributed by atoms with Gasteiger partial charge in [-0.2, -0.15) is 0 Å². The fourth-order valence-corrected chi connectivity index (χ4v) is 3.13. The molecule has 2 aliphatic rings. The lowest BCUT2D eigenvalue weighted by Gasteiger charge is -2.28. The molecule has 1 N–H and O–H groups in total. The molecule has 0 saturated heterocycles. The predicted molar refractivity (Wildman–Crippen MR) is 100.0 cm³/mol. The molecule has 7 nitrogen and oxygen atoms in total. The van der Waals surface area contributed by atoms with Gasteiger partial charge in [-0.1, -0.05) is 30.3 Å². The van der Waals surface area contributed by atoms with Crippen LogP contribution in [0.1, 0.15) is 19.4 Å². The van der Waals surface area contributed by atoms with Crippen molar-refractivity contribution in [3.8, 4) is 11.5 Å². The van der Waals surface area contributed by atoms with Crippen LogP contribution >= 0.6 is 0 Å². The van der Waals surface area contributed by atoms with E-state index in [0.717, 1.165) is 5.56 Å². The number of benzene rings is 2. The third kappa shape index (κ3) is 3.23. The quantitative estimate of drug-likeness (QED) is 0.902. The highest BCUT2D eigenvalue weighted by molar-refractivity contribution is 6.47. The first-order valence-electron chi connectivity index (χ1n) is 8.61. The minimum atomic E-state index is -0.797. The summed E-state index contributed by atoms with van der Waals surface area (Å²) in [5, 5.41) is 2.79. The zero-order valence-corrected chi connectivity index (χ0v) is 15.1. The summed E-state index contributed by atoms with van der Waals surface area (Å²) in [6.45, 7) is 3.70. The van der Waals surface area contributed by atoms with E-state index < -0.39 is 5.66 Å². The second-order valence-electron chi connectivity index (χ2n) is 6.83. The first-order chi connectivity index (χ1) is 12.9. The van der Waals surface area contributed by atoms with Crippen molar-refractivity contribution < 1.29 is 19.1 Å². The van der Waals surface area contributed by atoms with Crippen molar-refractivity contribution >= 4 is 23.2 Å². The number of carbonyl (C=O) groups excluding carboxylic acids is 2. The number of amides is 2. The molecule has 0 aliphatic carbocycles. The number of hydrogen-bond donors (Lipinski definition) is 1. The molecule has 138 valence electrons. The first kappa shape index (κ1) is 17.1. The van der Waals surface area contributed by atoms with Crippen LogP contribution in [0.25, 0.3) is 0 Å². The van der Waals surface area contributed by atoms with Gasteiger partial charge in [0.1, 0.15) is 17.9 Å². The Balaban J connectivity index is 1.47. The number of aliphatic imine (C=N–C) groups is 1. The normalized spacial score (nSPS) is 17.0. The number of hydrogen-bond acceptors (Lipinski definition) is 5. The van der Waals surface area contributed by atoms with Gasteiger partial charge in [-0.15, -0.1) is 0 Å². The highest BCUT2D eigenvalue weighted by atomic mass is 16.7. The van der Waals surface area contributed by atoms with E-state index in [9.17, 15) is 9.59 Å². The van der Waals surface area contributed by atoms with Gasteiger partial charge in [0.25, 0.3) is 5.91 Å². The number of anilines is 1. The van der Waals surface area contributed by atoms with Crippen LogP contribution < -0.4 is 14.8 Å². The molecule has 0 fully saturated rings. The average Bonchev–Trinajstić information content (AvgIpc) is 3.20. The number of nitrogens with zero attached hydrogens (tertiary/aromatic N) is 2. The molecule has 2 aromatic carbocycles. The number of carbonyl (C=O) groups is 2. The number of rotatable bonds is 4. The molecule has 4 rings (SSSR count). The molecule has 0 spiro atoms. The lowest BCUT2D eigenvalue weighted by molar-refractivity contribution is -0.131. The molecule has 2 heterocycles. The minimum Gasteiger partial charge on any atom is -0.454 e. The highest BCUT2D eigenvalue weighted by Crippen LogP contribution is 2.34. The largest absolute Gasteiger partial charge is 0.454 e. The number of ether oxygens (including phenoxy) is 2. The van der Waals surface area contributed by atoms with Crippen LogP contribution in [0.2, 0.25) is 0 Å². The third-order valence-electron chi connectivity index (χ3n) is 4.50. The Bertz CT molecular complexity index is 937. The standard InChI is InChI=1S/C20H19N3O4/c1-20(2)22-18(13-6-4-3-5-7-13)19(25)23(20)11-17(24)21-14-8-9-15-16(10-14)27-12-26-15/h3-10H,11-12H2,1-2H3,(H,21,24). The summed E-state index contributed by atoms with van der Waals surface area (Å²) in [7, 11) is 0. The molecule has 2 amide bonds. The Morgan fingerprint density at radius 1 is 1.15 bits per heavy atom.